The van der Waals surface area contributed by atoms with Gasteiger partial charge in [-0.2, -0.15) is 0 Å². The Bertz CT molecular complexity index is 505. The molecule has 110 valence electrons. The number of anilines is 1. The lowest BCUT2D eigenvalue weighted by Gasteiger charge is -2.39. The van der Waals surface area contributed by atoms with E-state index in [1.807, 2.05) is 0 Å². The van der Waals surface area contributed by atoms with Gasteiger partial charge >= 0.3 is 0 Å². The minimum Gasteiger partial charge on any atom is -0.377 e. The average molecular weight is 298 g/mol. The number of para-hydroxylation sites is 1. The van der Waals surface area contributed by atoms with E-state index in [9.17, 15) is 10.1 Å². The summed E-state index contributed by atoms with van der Waals surface area (Å²) in [6, 6.07) is 4.99. The molecule has 0 radical (unpaired) electrons. The number of nitro groups is 1. The van der Waals surface area contributed by atoms with Crippen molar-refractivity contribution >= 4 is 23.0 Å². The highest BCUT2D eigenvalue weighted by Gasteiger charge is 2.32. The van der Waals surface area contributed by atoms with Crippen LogP contribution in [-0.2, 0) is 0 Å². The molecular weight excluding hydrogens is 278 g/mol. The number of piperidine rings is 1. The second-order valence-corrected chi connectivity index (χ2v) is 6.28. The van der Waals surface area contributed by atoms with Gasteiger partial charge in [-0.1, -0.05) is 31.5 Å². The molecule has 20 heavy (non-hydrogen) atoms. The summed E-state index contributed by atoms with van der Waals surface area (Å²) in [5, 5.41) is 18.1. The van der Waals surface area contributed by atoms with Crippen LogP contribution in [-0.4, -0.2) is 24.1 Å². The fraction of sp³-hybridized carbons (Fsp3) is 0.571. The Morgan fingerprint density at radius 3 is 2.95 bits per heavy atom. The standard InChI is InChI=1S/C14H20ClN3O2/c1-14(2)7-4-8-16-12(14)9-17-13-10(15)5-3-6-11(13)18(19)20/h3,5-6,12,16-17H,4,7-9H2,1-2H3. The van der Waals surface area contributed by atoms with Crippen molar-refractivity contribution in [2.75, 3.05) is 18.4 Å². The Labute approximate surface area is 123 Å². The molecule has 1 atom stereocenters. The Morgan fingerprint density at radius 1 is 1.55 bits per heavy atom. The van der Waals surface area contributed by atoms with Gasteiger partial charge in [0.05, 0.1) is 9.95 Å². The first-order valence-corrected chi connectivity index (χ1v) is 7.20. The predicted octanol–water partition coefficient (Wildman–Crippen LogP) is 3.44. The quantitative estimate of drug-likeness (QED) is 0.660. The zero-order valence-corrected chi connectivity index (χ0v) is 12.5. The molecule has 6 heteroatoms. The largest absolute Gasteiger partial charge is 0.377 e. The van der Waals surface area contributed by atoms with Crippen LogP contribution in [0.3, 0.4) is 0 Å². The summed E-state index contributed by atoms with van der Waals surface area (Å²) in [6.07, 6.45) is 2.31. The molecule has 2 N–H and O–H groups in total. The number of nitrogens with one attached hydrogen (secondary N) is 2. The first-order chi connectivity index (χ1) is 9.42. The van der Waals surface area contributed by atoms with E-state index in [1.165, 1.54) is 6.07 Å². The van der Waals surface area contributed by atoms with Gasteiger partial charge in [0.1, 0.15) is 5.69 Å². The van der Waals surface area contributed by atoms with E-state index in [2.05, 4.69) is 24.5 Å². The summed E-state index contributed by atoms with van der Waals surface area (Å²) in [4.78, 5) is 10.6. The van der Waals surface area contributed by atoms with Crippen LogP contribution >= 0.6 is 11.6 Å². The summed E-state index contributed by atoms with van der Waals surface area (Å²) in [6.45, 7) is 6.04. The molecule has 0 aliphatic carbocycles. The summed E-state index contributed by atoms with van der Waals surface area (Å²) in [5.74, 6) is 0. The minimum atomic E-state index is -0.409. The van der Waals surface area contributed by atoms with Crippen molar-refractivity contribution < 1.29 is 4.92 Å². The third-order valence-electron chi connectivity index (χ3n) is 4.00. The molecule has 0 amide bonds. The normalized spacial score (nSPS) is 21.4. The lowest BCUT2D eigenvalue weighted by molar-refractivity contribution is -0.383. The van der Waals surface area contributed by atoms with E-state index >= 15 is 0 Å². The first kappa shape index (κ1) is 15.1. The van der Waals surface area contributed by atoms with Gasteiger partial charge in [0.25, 0.3) is 5.69 Å². The highest BCUT2D eigenvalue weighted by molar-refractivity contribution is 6.33. The van der Waals surface area contributed by atoms with Crippen LogP contribution in [0.5, 0.6) is 0 Å². The molecule has 1 heterocycles. The van der Waals surface area contributed by atoms with Crippen LogP contribution < -0.4 is 10.6 Å². The maximum atomic E-state index is 11.0. The second-order valence-electron chi connectivity index (χ2n) is 5.87. The summed E-state index contributed by atoms with van der Waals surface area (Å²) in [5.41, 5.74) is 0.592. The number of nitrogens with zero attached hydrogens (tertiary/aromatic N) is 1. The monoisotopic (exact) mass is 297 g/mol. The molecule has 1 aliphatic heterocycles. The predicted molar refractivity (Wildman–Crippen MR) is 81.4 cm³/mol. The van der Waals surface area contributed by atoms with Gasteiger partial charge in [0.15, 0.2) is 0 Å². The number of hydrogen-bond acceptors (Lipinski definition) is 4. The van der Waals surface area contributed by atoms with Crippen LogP contribution in [0.25, 0.3) is 0 Å². The Morgan fingerprint density at radius 2 is 2.30 bits per heavy atom. The lowest BCUT2D eigenvalue weighted by atomic mass is 9.77. The van der Waals surface area contributed by atoms with Gasteiger partial charge in [-0.05, 0) is 30.9 Å². The maximum Gasteiger partial charge on any atom is 0.293 e. The van der Waals surface area contributed by atoms with Crippen LogP contribution in [0.2, 0.25) is 5.02 Å². The molecule has 1 aromatic rings. The number of rotatable bonds is 4. The molecule has 5 nitrogen and oxygen atoms in total. The summed E-state index contributed by atoms with van der Waals surface area (Å²) >= 11 is 6.07. The van der Waals surface area contributed by atoms with Gasteiger partial charge in [-0.15, -0.1) is 0 Å². The van der Waals surface area contributed by atoms with Gasteiger partial charge in [0.2, 0.25) is 0 Å². The first-order valence-electron chi connectivity index (χ1n) is 6.82. The Kier molecular flexibility index (Phi) is 4.50. The zero-order valence-electron chi connectivity index (χ0n) is 11.8. The van der Waals surface area contributed by atoms with Crippen molar-refractivity contribution in [3.63, 3.8) is 0 Å². The van der Waals surface area contributed by atoms with Crippen LogP contribution in [0, 0.1) is 15.5 Å². The number of hydrogen-bond donors (Lipinski definition) is 2. The molecule has 1 aromatic carbocycles. The molecular formula is C14H20ClN3O2. The Hall–Kier alpha value is -1.33. The van der Waals surface area contributed by atoms with Crippen molar-refractivity contribution in [1.29, 1.82) is 0 Å². The minimum absolute atomic E-state index is 0.0196. The molecule has 1 fully saturated rings. The van der Waals surface area contributed by atoms with Crippen LogP contribution in [0.15, 0.2) is 18.2 Å². The molecule has 1 unspecified atom stereocenters. The van der Waals surface area contributed by atoms with Gasteiger partial charge < -0.3 is 10.6 Å². The smallest absolute Gasteiger partial charge is 0.293 e. The number of halogens is 1. The summed E-state index contributed by atoms with van der Waals surface area (Å²) < 4.78 is 0. The number of benzene rings is 1. The van der Waals surface area contributed by atoms with Gasteiger partial charge in [0, 0.05) is 18.7 Å². The number of nitro benzene ring substituents is 1. The van der Waals surface area contributed by atoms with Crippen molar-refractivity contribution in [1.82, 2.24) is 5.32 Å². The molecule has 2 rings (SSSR count). The van der Waals surface area contributed by atoms with E-state index in [0.717, 1.165) is 19.4 Å². The molecule has 1 saturated heterocycles. The molecule has 0 spiro atoms. The van der Waals surface area contributed by atoms with E-state index in [0.29, 0.717) is 17.3 Å². The average Bonchev–Trinajstić information content (AvgIpc) is 2.38. The highest BCUT2D eigenvalue weighted by Crippen LogP contribution is 2.34. The van der Waals surface area contributed by atoms with Crippen molar-refractivity contribution in [3.05, 3.63) is 33.3 Å². The SMILES string of the molecule is CC1(C)CCCNC1CNc1c(Cl)cccc1[N+](=O)[O-]. The summed E-state index contributed by atoms with van der Waals surface area (Å²) in [7, 11) is 0. The van der Waals surface area contributed by atoms with E-state index in [1.54, 1.807) is 12.1 Å². The maximum absolute atomic E-state index is 11.0. The highest BCUT2D eigenvalue weighted by atomic mass is 35.5. The Balaban J connectivity index is 2.13. The molecule has 1 aliphatic rings. The fourth-order valence-corrected chi connectivity index (χ4v) is 2.90. The lowest BCUT2D eigenvalue weighted by Crippen LogP contribution is -2.50. The third-order valence-corrected chi connectivity index (χ3v) is 4.32. The van der Waals surface area contributed by atoms with Crippen LogP contribution in [0.4, 0.5) is 11.4 Å². The van der Waals surface area contributed by atoms with Crippen molar-refractivity contribution in [3.8, 4) is 0 Å². The van der Waals surface area contributed by atoms with Crippen molar-refractivity contribution in [2.45, 2.75) is 32.7 Å². The van der Waals surface area contributed by atoms with Crippen LogP contribution in [0.1, 0.15) is 26.7 Å². The second kappa shape index (κ2) is 5.97. The zero-order chi connectivity index (χ0) is 14.8. The molecule has 0 saturated carbocycles. The van der Waals surface area contributed by atoms with Gasteiger partial charge in [-0.25, -0.2) is 0 Å². The van der Waals surface area contributed by atoms with Gasteiger partial charge in [-0.3, -0.25) is 10.1 Å². The molecule has 0 bridgehead atoms. The topological polar surface area (TPSA) is 67.2 Å². The van der Waals surface area contributed by atoms with E-state index in [4.69, 9.17) is 11.6 Å². The van der Waals surface area contributed by atoms with E-state index in [-0.39, 0.29) is 17.1 Å². The fourth-order valence-electron chi connectivity index (χ4n) is 2.66. The third kappa shape index (κ3) is 3.22. The van der Waals surface area contributed by atoms with E-state index < -0.39 is 4.92 Å². The van der Waals surface area contributed by atoms with Crippen molar-refractivity contribution in [2.24, 2.45) is 5.41 Å². The molecule has 0 aromatic heterocycles.